The lowest BCUT2D eigenvalue weighted by Crippen LogP contribution is -2.39. The normalized spacial score (nSPS) is 19.0. The van der Waals surface area contributed by atoms with E-state index in [0.717, 1.165) is 27.8 Å². The number of hydrogen-bond donors (Lipinski definition) is 1. The summed E-state index contributed by atoms with van der Waals surface area (Å²) in [5, 5.41) is 9.72. The lowest BCUT2D eigenvalue weighted by molar-refractivity contribution is -0.139. The number of carbonyl (C=O) groups excluding carboxylic acids is 1. The molecule has 2 atom stereocenters. The number of piperidine rings is 1. The molecule has 1 fully saturated rings. The first kappa shape index (κ1) is 27.0. The number of likely N-dealkylation sites (tertiary alicyclic amines) is 1. The maximum Gasteiger partial charge on any atom is 0.303 e. The maximum atomic E-state index is 13.6. The second-order valence-corrected chi connectivity index (χ2v) is 10.5. The van der Waals surface area contributed by atoms with Gasteiger partial charge in [0.1, 0.15) is 6.10 Å². The summed E-state index contributed by atoms with van der Waals surface area (Å²) in [6.07, 6.45) is 0.575. The van der Waals surface area contributed by atoms with Crippen LogP contribution in [0, 0.1) is 5.92 Å². The number of carbonyl (C=O) groups is 2. The van der Waals surface area contributed by atoms with Gasteiger partial charge in [-0.3, -0.25) is 9.59 Å². The van der Waals surface area contributed by atoms with Crippen molar-refractivity contribution in [3.8, 4) is 22.6 Å². The second-order valence-electron chi connectivity index (χ2n) is 10.0. The fraction of sp³-hybridized carbons (Fsp3) is 0.355. The molecule has 5 rings (SSSR count). The van der Waals surface area contributed by atoms with Crippen LogP contribution in [0.5, 0.6) is 11.5 Å². The highest BCUT2D eigenvalue weighted by molar-refractivity contribution is 6.30. The third-order valence-electron chi connectivity index (χ3n) is 7.70. The molecule has 0 radical (unpaired) electrons. The molecule has 8 heteroatoms. The molecule has 204 valence electrons. The number of carboxylic acid groups (broad SMARTS) is 1. The van der Waals surface area contributed by atoms with Gasteiger partial charge in [-0.25, -0.2) is 0 Å². The van der Waals surface area contributed by atoms with Crippen LogP contribution in [0.4, 0.5) is 0 Å². The van der Waals surface area contributed by atoms with E-state index in [1.54, 1.807) is 14.2 Å². The van der Waals surface area contributed by atoms with E-state index in [1.807, 2.05) is 65.6 Å². The Hall–Kier alpha value is -3.55. The van der Waals surface area contributed by atoms with Gasteiger partial charge in [0.2, 0.25) is 5.91 Å². The summed E-state index contributed by atoms with van der Waals surface area (Å²) in [6.45, 7) is 1.10. The number of nitrogens with zero attached hydrogens (tertiary/aromatic N) is 1. The van der Waals surface area contributed by atoms with Crippen molar-refractivity contribution in [2.24, 2.45) is 5.92 Å². The topological polar surface area (TPSA) is 85.3 Å². The number of aliphatic carboxylic acids is 1. The maximum absolute atomic E-state index is 13.6. The minimum atomic E-state index is -0.790. The molecule has 0 spiro atoms. The van der Waals surface area contributed by atoms with Crippen LogP contribution in [-0.4, -0.2) is 49.2 Å². The van der Waals surface area contributed by atoms with Gasteiger partial charge in [-0.05, 0) is 59.2 Å². The molecule has 0 aromatic heterocycles. The van der Waals surface area contributed by atoms with Crippen LogP contribution < -0.4 is 9.47 Å². The first-order valence-electron chi connectivity index (χ1n) is 13.1. The Morgan fingerprint density at radius 2 is 1.64 bits per heavy atom. The summed E-state index contributed by atoms with van der Waals surface area (Å²) < 4.78 is 18.2. The zero-order valence-electron chi connectivity index (χ0n) is 22.1. The minimum Gasteiger partial charge on any atom is -0.493 e. The second kappa shape index (κ2) is 11.7. The number of rotatable bonds is 7. The highest BCUT2D eigenvalue weighted by Gasteiger charge is 2.35. The molecule has 2 heterocycles. The monoisotopic (exact) mass is 549 g/mol. The lowest BCUT2D eigenvalue weighted by atomic mass is 9.90. The molecule has 3 aromatic carbocycles. The van der Waals surface area contributed by atoms with Gasteiger partial charge in [-0.1, -0.05) is 54.1 Å². The number of halogens is 1. The van der Waals surface area contributed by atoms with Gasteiger partial charge in [-0.2, -0.15) is 0 Å². The van der Waals surface area contributed by atoms with Crippen molar-refractivity contribution in [2.45, 2.75) is 37.9 Å². The number of para-hydroxylation sites is 1. The fourth-order valence-corrected chi connectivity index (χ4v) is 5.95. The molecule has 2 aliphatic rings. The highest BCUT2D eigenvalue weighted by atomic mass is 35.5. The van der Waals surface area contributed by atoms with Gasteiger partial charge in [0.25, 0.3) is 0 Å². The van der Waals surface area contributed by atoms with E-state index in [1.165, 1.54) is 0 Å². The smallest absolute Gasteiger partial charge is 0.303 e. The molecule has 2 aliphatic heterocycles. The molecule has 1 N–H and O–H groups in total. The summed E-state index contributed by atoms with van der Waals surface area (Å²) in [4.78, 5) is 26.5. The Labute approximate surface area is 233 Å². The van der Waals surface area contributed by atoms with Crippen molar-refractivity contribution in [1.82, 2.24) is 4.90 Å². The Kier molecular flexibility index (Phi) is 8.10. The summed E-state index contributed by atoms with van der Waals surface area (Å²) in [6, 6.07) is 19.4. The number of benzene rings is 3. The van der Waals surface area contributed by atoms with E-state index in [0.29, 0.717) is 42.5 Å². The van der Waals surface area contributed by atoms with Crippen molar-refractivity contribution in [3.63, 3.8) is 0 Å². The van der Waals surface area contributed by atoms with E-state index >= 15 is 0 Å². The Bertz CT molecular complexity index is 1370. The average molecular weight is 550 g/mol. The Morgan fingerprint density at radius 3 is 2.36 bits per heavy atom. The van der Waals surface area contributed by atoms with Crippen molar-refractivity contribution >= 4 is 23.5 Å². The van der Waals surface area contributed by atoms with Crippen LogP contribution in [0.1, 0.15) is 54.6 Å². The Balaban J connectivity index is 1.52. The van der Waals surface area contributed by atoms with Crippen molar-refractivity contribution in [1.29, 1.82) is 0 Å². The van der Waals surface area contributed by atoms with Gasteiger partial charge in [0, 0.05) is 30.1 Å². The zero-order valence-corrected chi connectivity index (χ0v) is 22.8. The van der Waals surface area contributed by atoms with Gasteiger partial charge in [0.15, 0.2) is 11.5 Å². The van der Waals surface area contributed by atoms with Crippen molar-refractivity contribution in [3.05, 3.63) is 82.4 Å². The minimum absolute atomic E-state index is 0.0103. The quantitative estimate of drug-likeness (QED) is 0.373. The predicted molar refractivity (Wildman–Crippen MR) is 148 cm³/mol. The molecular formula is C31H32ClNO6. The first-order valence-corrected chi connectivity index (χ1v) is 13.5. The average Bonchev–Trinajstić information content (AvgIpc) is 3.07. The van der Waals surface area contributed by atoms with E-state index < -0.39 is 18.2 Å². The largest absolute Gasteiger partial charge is 0.493 e. The van der Waals surface area contributed by atoms with Gasteiger partial charge < -0.3 is 24.2 Å². The van der Waals surface area contributed by atoms with E-state index in [4.69, 9.17) is 30.9 Å². The zero-order chi connectivity index (χ0) is 27.5. The molecule has 0 aliphatic carbocycles. The van der Waals surface area contributed by atoms with Crippen LogP contribution in [0.2, 0.25) is 5.02 Å². The molecule has 0 unspecified atom stereocenters. The first-order chi connectivity index (χ1) is 18.9. The number of amides is 1. The summed E-state index contributed by atoms with van der Waals surface area (Å²) in [5.41, 5.74) is 4.56. The van der Waals surface area contributed by atoms with Gasteiger partial charge >= 0.3 is 5.97 Å². The van der Waals surface area contributed by atoms with Crippen LogP contribution in [0.15, 0.2) is 60.7 Å². The van der Waals surface area contributed by atoms with Gasteiger partial charge in [-0.15, -0.1) is 0 Å². The lowest BCUT2D eigenvalue weighted by Gasteiger charge is -2.33. The van der Waals surface area contributed by atoms with Crippen LogP contribution in [-0.2, 0) is 14.3 Å². The molecule has 1 saturated heterocycles. The number of ether oxygens (including phenoxy) is 3. The number of hydrogen-bond acceptors (Lipinski definition) is 5. The number of methoxy groups -OCH3 is 2. The molecule has 39 heavy (non-hydrogen) atoms. The standard InChI is InChI=1S/C31H32ClNO6/c1-37-26-9-5-8-24(31(26)38-2)30-25-17-20(32)10-11-22(25)21-6-3-4-7-23(21)27(39-30)18-28(34)33-14-12-19(13-15-33)16-29(35)36/h3-11,17,19,27,30H,12-16,18H2,1-2H3,(H,35,36)/t27-,30-/m1/s1. The van der Waals surface area contributed by atoms with Crippen LogP contribution in [0.25, 0.3) is 11.1 Å². The van der Waals surface area contributed by atoms with E-state index in [2.05, 4.69) is 0 Å². The fourth-order valence-electron chi connectivity index (χ4n) is 5.77. The van der Waals surface area contributed by atoms with E-state index in [-0.39, 0.29) is 24.7 Å². The van der Waals surface area contributed by atoms with Crippen molar-refractivity contribution in [2.75, 3.05) is 27.3 Å². The molecule has 0 saturated carbocycles. The summed E-state index contributed by atoms with van der Waals surface area (Å²) >= 11 is 6.50. The molecule has 1 amide bonds. The third-order valence-corrected chi connectivity index (χ3v) is 7.94. The summed E-state index contributed by atoms with van der Waals surface area (Å²) in [7, 11) is 3.19. The molecule has 7 nitrogen and oxygen atoms in total. The molecule has 0 bridgehead atoms. The third kappa shape index (κ3) is 5.60. The van der Waals surface area contributed by atoms with Crippen LogP contribution in [0.3, 0.4) is 0 Å². The van der Waals surface area contributed by atoms with Crippen molar-refractivity contribution < 1.29 is 28.9 Å². The Morgan fingerprint density at radius 1 is 0.923 bits per heavy atom. The van der Waals surface area contributed by atoms with Crippen LogP contribution >= 0.6 is 11.6 Å². The SMILES string of the molecule is COc1cccc([C@H]2O[C@H](CC(=O)N3CCC(CC(=O)O)CC3)c3ccccc3-c3ccc(Cl)cc32)c1OC. The van der Waals surface area contributed by atoms with Gasteiger partial charge in [0.05, 0.1) is 26.7 Å². The number of fused-ring (bicyclic) bond motifs is 3. The summed E-state index contributed by atoms with van der Waals surface area (Å²) in [5.74, 6) is 0.449. The molecular weight excluding hydrogens is 518 g/mol. The highest BCUT2D eigenvalue weighted by Crippen LogP contribution is 2.49. The molecule has 3 aromatic rings. The van der Waals surface area contributed by atoms with E-state index in [9.17, 15) is 9.59 Å². The predicted octanol–water partition coefficient (Wildman–Crippen LogP) is 6.29. The number of carboxylic acids is 1.